The van der Waals surface area contributed by atoms with Crippen molar-refractivity contribution in [3.63, 3.8) is 0 Å². The molecular weight excluding hydrogens is 484 g/mol. The van der Waals surface area contributed by atoms with Crippen LogP contribution in [0.4, 0.5) is 23.5 Å². The van der Waals surface area contributed by atoms with E-state index in [1.807, 2.05) is 0 Å². The van der Waals surface area contributed by atoms with Crippen LogP contribution in [0.3, 0.4) is 0 Å². The number of nitrogens with zero attached hydrogens (tertiary/aromatic N) is 8. The van der Waals surface area contributed by atoms with Gasteiger partial charge in [-0.15, -0.1) is 0 Å². The summed E-state index contributed by atoms with van der Waals surface area (Å²) in [4.78, 5) is 26.3. The van der Waals surface area contributed by atoms with Gasteiger partial charge in [0.15, 0.2) is 11.6 Å². The van der Waals surface area contributed by atoms with Crippen molar-refractivity contribution in [1.82, 2.24) is 19.9 Å². The molecule has 0 radical (unpaired) electrons. The summed E-state index contributed by atoms with van der Waals surface area (Å²) in [5.74, 6) is 1.54. The number of piperidine rings is 1. The maximum atomic E-state index is 9.74. The fourth-order valence-electron chi connectivity index (χ4n) is 4.46. The van der Waals surface area contributed by atoms with Crippen LogP contribution in [0.1, 0.15) is 19.3 Å². The largest absolute Gasteiger partial charge is 0.395 e. The molecule has 6 N–H and O–H groups in total. The van der Waals surface area contributed by atoms with Crippen molar-refractivity contribution in [2.24, 2.45) is 0 Å². The summed E-state index contributed by atoms with van der Waals surface area (Å²) in [6.07, 6.45) is 3.09. The summed E-state index contributed by atoms with van der Waals surface area (Å²) in [6.45, 7) is 1.74. The first kappa shape index (κ1) is 28.9. The number of rotatable bonds is 16. The van der Waals surface area contributed by atoms with Crippen molar-refractivity contribution in [3.8, 4) is 0 Å². The molecule has 3 rings (SSSR count). The van der Waals surface area contributed by atoms with E-state index in [1.54, 1.807) is 14.7 Å². The Morgan fingerprint density at radius 3 is 1.43 bits per heavy atom. The zero-order valence-corrected chi connectivity index (χ0v) is 21.3. The number of fused-ring (bicyclic) bond motifs is 1. The molecule has 0 unspecified atom stereocenters. The normalized spacial score (nSPS) is 13.8. The standard InChI is InChI=1S/C23H40N8O6/c32-12-6-29(7-13-33)21-19-18(24-23(27-21)31(10-16-36)11-17-37)20(28-4-2-1-3-5-28)26-22(25-19)30(8-14-34)9-15-35/h32-37H,1-17H2. The molecule has 0 aliphatic carbocycles. The molecule has 1 aliphatic rings. The van der Waals surface area contributed by atoms with Gasteiger partial charge in [-0.3, -0.25) is 0 Å². The third kappa shape index (κ3) is 7.24. The number of hydrogen-bond donors (Lipinski definition) is 6. The van der Waals surface area contributed by atoms with Crippen LogP contribution in [-0.2, 0) is 0 Å². The summed E-state index contributed by atoms with van der Waals surface area (Å²) in [5, 5.41) is 57.9. The average Bonchev–Trinajstić information content (AvgIpc) is 2.92. The highest BCUT2D eigenvalue weighted by atomic mass is 16.3. The van der Waals surface area contributed by atoms with Gasteiger partial charge in [-0.2, -0.15) is 9.97 Å². The molecular formula is C23H40N8O6. The number of aliphatic hydroxyl groups is 6. The van der Waals surface area contributed by atoms with Gasteiger partial charge in [0.2, 0.25) is 11.9 Å². The van der Waals surface area contributed by atoms with Crippen molar-refractivity contribution in [3.05, 3.63) is 0 Å². The summed E-state index contributed by atoms with van der Waals surface area (Å²) >= 11 is 0. The summed E-state index contributed by atoms with van der Waals surface area (Å²) in [7, 11) is 0. The molecule has 2 aromatic heterocycles. The molecule has 1 fully saturated rings. The van der Waals surface area contributed by atoms with Crippen LogP contribution >= 0.6 is 0 Å². The lowest BCUT2D eigenvalue weighted by atomic mass is 10.1. The minimum Gasteiger partial charge on any atom is -0.395 e. The van der Waals surface area contributed by atoms with E-state index in [1.165, 1.54) is 0 Å². The van der Waals surface area contributed by atoms with Crippen LogP contribution in [0.5, 0.6) is 0 Å². The lowest BCUT2D eigenvalue weighted by Crippen LogP contribution is -2.36. The lowest BCUT2D eigenvalue weighted by Gasteiger charge is -2.31. The quantitative estimate of drug-likeness (QED) is 0.139. The maximum Gasteiger partial charge on any atom is 0.228 e. The van der Waals surface area contributed by atoms with Crippen LogP contribution in [0, 0.1) is 0 Å². The molecule has 0 bridgehead atoms. The van der Waals surface area contributed by atoms with Gasteiger partial charge >= 0.3 is 0 Å². The van der Waals surface area contributed by atoms with E-state index in [2.05, 4.69) is 4.90 Å². The Bertz CT molecular complexity index is 946. The van der Waals surface area contributed by atoms with E-state index in [0.717, 1.165) is 32.4 Å². The molecule has 14 heteroatoms. The van der Waals surface area contributed by atoms with Crippen LogP contribution < -0.4 is 19.6 Å². The van der Waals surface area contributed by atoms with Gasteiger partial charge in [0.25, 0.3) is 0 Å². The Balaban J connectivity index is 2.33. The Morgan fingerprint density at radius 1 is 0.514 bits per heavy atom. The molecule has 0 spiro atoms. The minimum atomic E-state index is -0.185. The van der Waals surface area contributed by atoms with Gasteiger partial charge in [0.05, 0.1) is 39.6 Å². The Labute approximate surface area is 216 Å². The predicted octanol–water partition coefficient (Wildman–Crippen LogP) is -2.22. The molecule has 0 atom stereocenters. The number of anilines is 4. The highest BCUT2D eigenvalue weighted by molar-refractivity contribution is 5.95. The summed E-state index contributed by atoms with van der Waals surface area (Å²) < 4.78 is 0. The first-order valence-electron chi connectivity index (χ1n) is 12.9. The second kappa shape index (κ2) is 15.0. The molecule has 0 aromatic carbocycles. The molecule has 37 heavy (non-hydrogen) atoms. The number of hydrogen-bond acceptors (Lipinski definition) is 14. The monoisotopic (exact) mass is 524 g/mol. The van der Waals surface area contributed by atoms with E-state index in [0.29, 0.717) is 28.6 Å². The second-order valence-corrected chi connectivity index (χ2v) is 8.74. The topological polar surface area (TPSA) is 186 Å². The van der Waals surface area contributed by atoms with Crippen molar-refractivity contribution < 1.29 is 30.6 Å². The van der Waals surface area contributed by atoms with Gasteiger partial charge in [-0.25, -0.2) is 9.97 Å². The molecule has 1 aliphatic heterocycles. The smallest absolute Gasteiger partial charge is 0.228 e. The molecule has 14 nitrogen and oxygen atoms in total. The average molecular weight is 525 g/mol. The molecule has 0 saturated carbocycles. The van der Waals surface area contributed by atoms with E-state index < -0.39 is 0 Å². The fourth-order valence-corrected chi connectivity index (χ4v) is 4.46. The highest BCUT2D eigenvalue weighted by Crippen LogP contribution is 2.33. The zero-order valence-electron chi connectivity index (χ0n) is 21.3. The van der Waals surface area contributed by atoms with Crippen LogP contribution in [-0.4, -0.2) is 143 Å². The van der Waals surface area contributed by atoms with Crippen molar-refractivity contribution >= 4 is 34.6 Å². The van der Waals surface area contributed by atoms with E-state index >= 15 is 0 Å². The summed E-state index contributed by atoms with van der Waals surface area (Å²) in [5.41, 5.74) is 0.880. The first-order valence-corrected chi connectivity index (χ1v) is 12.9. The molecule has 0 amide bonds. The minimum absolute atomic E-state index is 0.152. The predicted molar refractivity (Wildman–Crippen MR) is 140 cm³/mol. The molecule has 208 valence electrons. The highest BCUT2D eigenvalue weighted by Gasteiger charge is 2.26. The SMILES string of the molecule is OCCN(CCO)c1nc(N2CCCCC2)c2nc(N(CCO)CCO)nc(N(CCO)CCO)c2n1. The van der Waals surface area contributed by atoms with E-state index in [-0.39, 0.29) is 84.9 Å². The zero-order chi connectivity index (χ0) is 26.6. The van der Waals surface area contributed by atoms with Crippen molar-refractivity contribution in [2.45, 2.75) is 19.3 Å². The molecule has 3 heterocycles. The third-order valence-electron chi connectivity index (χ3n) is 6.22. The van der Waals surface area contributed by atoms with E-state index in [9.17, 15) is 30.6 Å². The fraction of sp³-hybridized carbons (Fsp3) is 0.739. The van der Waals surface area contributed by atoms with Gasteiger partial charge < -0.3 is 50.2 Å². The van der Waals surface area contributed by atoms with Crippen LogP contribution in [0.2, 0.25) is 0 Å². The second-order valence-electron chi connectivity index (χ2n) is 8.74. The Hall–Kier alpha value is -2.62. The van der Waals surface area contributed by atoms with Gasteiger partial charge in [0, 0.05) is 52.4 Å². The van der Waals surface area contributed by atoms with Crippen molar-refractivity contribution in [1.29, 1.82) is 0 Å². The molecule has 1 saturated heterocycles. The van der Waals surface area contributed by atoms with E-state index in [4.69, 9.17) is 19.9 Å². The van der Waals surface area contributed by atoms with Crippen LogP contribution in [0.25, 0.3) is 11.0 Å². The van der Waals surface area contributed by atoms with Gasteiger partial charge in [0.1, 0.15) is 11.0 Å². The summed E-state index contributed by atoms with van der Waals surface area (Å²) in [6, 6.07) is 0. The lowest BCUT2D eigenvalue weighted by molar-refractivity contribution is 0.279. The van der Waals surface area contributed by atoms with Gasteiger partial charge in [-0.1, -0.05) is 0 Å². The first-order chi connectivity index (χ1) is 18.1. The van der Waals surface area contributed by atoms with Gasteiger partial charge in [-0.05, 0) is 19.3 Å². The number of aliphatic hydroxyl groups excluding tert-OH is 6. The number of aromatic nitrogens is 4. The maximum absolute atomic E-state index is 9.74. The van der Waals surface area contributed by atoms with Crippen molar-refractivity contribution in [2.75, 3.05) is 112 Å². The Kier molecular flexibility index (Phi) is 11.7. The molecule has 2 aromatic rings. The van der Waals surface area contributed by atoms with Crippen LogP contribution in [0.15, 0.2) is 0 Å². The third-order valence-corrected chi connectivity index (χ3v) is 6.22. The Morgan fingerprint density at radius 2 is 0.946 bits per heavy atom.